The topological polar surface area (TPSA) is 69.4 Å². The van der Waals surface area contributed by atoms with E-state index in [4.69, 9.17) is 0 Å². The summed E-state index contributed by atoms with van der Waals surface area (Å²) in [4.78, 5) is 19.0. The molecule has 5 nitrogen and oxygen atoms in total. The first-order valence-electron chi connectivity index (χ1n) is 2.88. The summed E-state index contributed by atoms with van der Waals surface area (Å²) in [6, 6.07) is 0. The molecule has 0 bridgehead atoms. The van der Waals surface area contributed by atoms with Gasteiger partial charge in [-0.15, -0.1) is 0 Å². The van der Waals surface area contributed by atoms with Gasteiger partial charge in [-0.3, -0.25) is 14.9 Å². The fourth-order valence-electron chi connectivity index (χ4n) is 0.351. The molecular weight excluding hydrogens is 162 g/mol. The molecule has 0 radical (unpaired) electrons. The Morgan fingerprint density at radius 1 is 1.42 bits per heavy atom. The minimum absolute atomic E-state index is 0.0213. The molecule has 12 heavy (non-hydrogen) atoms. The SMILES string of the molecule is C=C(/C=C\C(=C)[N+](=O)[O-])OC=O. The van der Waals surface area contributed by atoms with Crippen LogP contribution in [0.4, 0.5) is 0 Å². The normalized spacial score (nSPS) is 9.33. The quantitative estimate of drug-likeness (QED) is 0.202. The zero-order valence-corrected chi connectivity index (χ0v) is 6.23. The Morgan fingerprint density at radius 2 is 2.00 bits per heavy atom. The Labute approximate surface area is 68.8 Å². The third-order valence-electron chi connectivity index (χ3n) is 0.896. The highest BCUT2D eigenvalue weighted by atomic mass is 16.6. The minimum Gasteiger partial charge on any atom is -0.429 e. The van der Waals surface area contributed by atoms with Crippen molar-refractivity contribution in [1.82, 2.24) is 0 Å². The van der Waals surface area contributed by atoms with Crippen LogP contribution in [-0.2, 0) is 9.53 Å². The van der Waals surface area contributed by atoms with Gasteiger partial charge in [-0.25, -0.2) is 0 Å². The van der Waals surface area contributed by atoms with Crippen molar-refractivity contribution < 1.29 is 14.5 Å². The van der Waals surface area contributed by atoms with E-state index in [1.165, 1.54) is 6.08 Å². The molecule has 0 aromatic heterocycles. The number of nitrogens with zero attached hydrogens (tertiary/aromatic N) is 1. The van der Waals surface area contributed by atoms with Crippen LogP contribution in [0.5, 0.6) is 0 Å². The number of nitro groups is 1. The van der Waals surface area contributed by atoms with Crippen molar-refractivity contribution in [3.63, 3.8) is 0 Å². The molecule has 0 aliphatic carbocycles. The molecular formula is C7H7NO4. The van der Waals surface area contributed by atoms with E-state index >= 15 is 0 Å². The lowest BCUT2D eigenvalue weighted by Crippen LogP contribution is -1.93. The highest BCUT2D eigenvalue weighted by Crippen LogP contribution is 1.98. The zero-order valence-electron chi connectivity index (χ0n) is 6.23. The molecule has 0 aliphatic rings. The molecule has 0 N–H and O–H groups in total. The summed E-state index contributed by atoms with van der Waals surface area (Å²) in [6.45, 7) is 6.57. The molecule has 0 unspecified atom stereocenters. The predicted molar refractivity (Wildman–Crippen MR) is 41.6 cm³/mol. The molecule has 0 saturated heterocycles. The van der Waals surface area contributed by atoms with Crippen LogP contribution < -0.4 is 0 Å². The van der Waals surface area contributed by atoms with Gasteiger partial charge in [-0.2, -0.15) is 0 Å². The Balaban J connectivity index is 4.06. The minimum atomic E-state index is -0.662. The van der Waals surface area contributed by atoms with E-state index in [-0.39, 0.29) is 17.9 Å². The molecule has 0 atom stereocenters. The third-order valence-corrected chi connectivity index (χ3v) is 0.896. The molecule has 0 spiro atoms. The summed E-state index contributed by atoms with van der Waals surface area (Å²) >= 11 is 0. The first-order valence-corrected chi connectivity index (χ1v) is 2.88. The molecule has 0 fully saturated rings. The van der Waals surface area contributed by atoms with Crippen molar-refractivity contribution in [2.75, 3.05) is 0 Å². The smallest absolute Gasteiger partial charge is 0.298 e. The van der Waals surface area contributed by atoms with Crippen LogP contribution in [0.15, 0.2) is 36.8 Å². The van der Waals surface area contributed by atoms with Gasteiger partial charge in [-0.1, -0.05) is 6.58 Å². The van der Waals surface area contributed by atoms with E-state index in [0.29, 0.717) is 0 Å². The first kappa shape index (κ1) is 10.1. The molecule has 0 amide bonds. The van der Waals surface area contributed by atoms with Gasteiger partial charge in [-0.05, 0) is 12.7 Å². The van der Waals surface area contributed by atoms with Crippen LogP contribution >= 0.6 is 0 Å². The maximum absolute atomic E-state index is 9.98. The summed E-state index contributed by atoms with van der Waals surface area (Å²) in [5.41, 5.74) is -0.300. The van der Waals surface area contributed by atoms with Gasteiger partial charge in [0, 0.05) is 6.08 Å². The lowest BCUT2D eigenvalue weighted by molar-refractivity contribution is -0.418. The second-order valence-corrected chi connectivity index (χ2v) is 1.76. The molecule has 0 saturated carbocycles. The summed E-state index contributed by atoms with van der Waals surface area (Å²) in [5, 5.41) is 9.98. The lowest BCUT2D eigenvalue weighted by atomic mass is 10.4. The number of hydrogen-bond donors (Lipinski definition) is 0. The molecule has 0 aromatic carbocycles. The zero-order chi connectivity index (χ0) is 9.56. The Kier molecular flexibility index (Phi) is 4.07. The van der Waals surface area contributed by atoms with Crippen molar-refractivity contribution in [2.45, 2.75) is 0 Å². The summed E-state index contributed by atoms with van der Waals surface area (Å²) in [6.07, 6.45) is 2.27. The Hall–Kier alpha value is -1.91. The lowest BCUT2D eigenvalue weighted by Gasteiger charge is -1.92. The van der Waals surface area contributed by atoms with Crippen molar-refractivity contribution >= 4 is 6.47 Å². The van der Waals surface area contributed by atoms with Crippen LogP contribution in [-0.4, -0.2) is 11.4 Å². The Bertz CT molecular complexity index is 254. The van der Waals surface area contributed by atoms with Crippen molar-refractivity contribution in [1.29, 1.82) is 0 Å². The van der Waals surface area contributed by atoms with Crippen molar-refractivity contribution in [3.05, 3.63) is 46.9 Å². The van der Waals surface area contributed by atoms with E-state index in [2.05, 4.69) is 17.9 Å². The summed E-state index contributed by atoms with van der Waals surface area (Å²) < 4.78 is 4.25. The summed E-state index contributed by atoms with van der Waals surface area (Å²) in [5.74, 6) is 0.0213. The monoisotopic (exact) mass is 169 g/mol. The molecule has 64 valence electrons. The van der Waals surface area contributed by atoms with Crippen LogP contribution in [0.2, 0.25) is 0 Å². The number of hydrogen-bond acceptors (Lipinski definition) is 4. The number of carbonyl (C=O) groups is 1. The van der Waals surface area contributed by atoms with Crippen LogP contribution in [0.3, 0.4) is 0 Å². The Morgan fingerprint density at radius 3 is 2.42 bits per heavy atom. The molecule has 0 heterocycles. The molecule has 0 rings (SSSR count). The number of ether oxygens (including phenoxy) is 1. The average molecular weight is 169 g/mol. The largest absolute Gasteiger partial charge is 0.429 e. The maximum Gasteiger partial charge on any atom is 0.298 e. The maximum atomic E-state index is 9.98. The van der Waals surface area contributed by atoms with Crippen molar-refractivity contribution in [2.24, 2.45) is 0 Å². The van der Waals surface area contributed by atoms with E-state index in [0.717, 1.165) is 6.08 Å². The number of allylic oxidation sites excluding steroid dienone is 2. The molecule has 0 aromatic rings. The van der Waals surface area contributed by atoms with Crippen LogP contribution in [0.1, 0.15) is 0 Å². The van der Waals surface area contributed by atoms with Crippen molar-refractivity contribution in [3.8, 4) is 0 Å². The number of carbonyl (C=O) groups excluding carboxylic acids is 1. The molecule has 0 aliphatic heterocycles. The number of rotatable bonds is 5. The highest BCUT2D eigenvalue weighted by molar-refractivity contribution is 5.41. The van der Waals surface area contributed by atoms with Gasteiger partial charge >= 0.3 is 0 Å². The first-order chi connectivity index (χ1) is 5.57. The van der Waals surface area contributed by atoms with E-state index in [1.807, 2.05) is 0 Å². The second-order valence-electron chi connectivity index (χ2n) is 1.76. The fraction of sp³-hybridized carbons (Fsp3) is 0. The van der Waals surface area contributed by atoms with E-state index < -0.39 is 4.92 Å². The van der Waals surface area contributed by atoms with Crippen LogP contribution in [0, 0.1) is 10.1 Å². The standard InChI is InChI=1S/C7H7NO4/c1-6(8(10)11)3-4-7(2)12-5-9/h3-5H,1-2H2/b4-3-. The average Bonchev–Trinajstić information content (AvgIpc) is 2.00. The van der Waals surface area contributed by atoms with Gasteiger partial charge in [0.25, 0.3) is 12.2 Å². The fourth-order valence-corrected chi connectivity index (χ4v) is 0.351. The van der Waals surface area contributed by atoms with Gasteiger partial charge in [0.05, 0.1) is 4.92 Å². The van der Waals surface area contributed by atoms with E-state index in [9.17, 15) is 14.9 Å². The molecule has 5 heteroatoms. The summed E-state index contributed by atoms with van der Waals surface area (Å²) in [7, 11) is 0. The van der Waals surface area contributed by atoms with Gasteiger partial charge in [0.1, 0.15) is 5.76 Å². The van der Waals surface area contributed by atoms with E-state index in [1.54, 1.807) is 0 Å². The second kappa shape index (κ2) is 4.84. The van der Waals surface area contributed by atoms with Crippen LogP contribution in [0.25, 0.3) is 0 Å². The predicted octanol–water partition coefficient (Wildman–Crippen LogP) is 1.02. The van der Waals surface area contributed by atoms with Gasteiger partial charge in [0.2, 0.25) is 0 Å². The van der Waals surface area contributed by atoms with Gasteiger partial charge < -0.3 is 4.74 Å². The highest BCUT2D eigenvalue weighted by Gasteiger charge is 1.99. The van der Waals surface area contributed by atoms with Gasteiger partial charge in [0.15, 0.2) is 0 Å². The third kappa shape index (κ3) is 3.99.